The van der Waals surface area contributed by atoms with Gasteiger partial charge in [-0.15, -0.1) is 0 Å². The molecule has 0 aliphatic heterocycles. The van der Waals surface area contributed by atoms with E-state index in [-0.39, 0.29) is 5.56 Å². The summed E-state index contributed by atoms with van der Waals surface area (Å²) < 4.78 is 1.84. The third-order valence-corrected chi connectivity index (χ3v) is 3.47. The topological polar surface area (TPSA) is 85.6 Å². The number of carboxylic acids is 1. The fourth-order valence-electron chi connectivity index (χ4n) is 2.27. The van der Waals surface area contributed by atoms with Gasteiger partial charge in [-0.05, 0) is 32.0 Å². The van der Waals surface area contributed by atoms with Crippen LogP contribution >= 0.6 is 11.6 Å². The predicted octanol–water partition coefficient (Wildman–Crippen LogP) is 1.89. The Hall–Kier alpha value is -2.37. The molecule has 126 valence electrons. The number of nitrogens with zero attached hydrogens (tertiary/aromatic N) is 2. The Balaban J connectivity index is 0.000000471. The molecule has 24 heavy (non-hydrogen) atoms. The van der Waals surface area contributed by atoms with Gasteiger partial charge in [0.1, 0.15) is 5.82 Å². The van der Waals surface area contributed by atoms with Crippen molar-refractivity contribution in [2.75, 3.05) is 0 Å². The number of carboxylic acid groups (broad SMARTS) is 1. The minimum Gasteiger partial charge on any atom is -0.545 e. The monoisotopic (exact) mass is 345 g/mol. The highest BCUT2D eigenvalue weighted by molar-refractivity contribution is 6.31. The molecule has 6 heteroatoms. The summed E-state index contributed by atoms with van der Waals surface area (Å²) in [6, 6.07) is 12.6. The van der Waals surface area contributed by atoms with Gasteiger partial charge in [0.05, 0.1) is 23.0 Å². The van der Waals surface area contributed by atoms with Crippen LogP contribution in [-0.2, 0) is 7.05 Å². The minimum absolute atomic E-state index is 0.122. The van der Waals surface area contributed by atoms with Crippen LogP contribution in [0.1, 0.15) is 24.2 Å². The largest absolute Gasteiger partial charge is 0.545 e. The SMILES string of the molecule is CC(C)[NH3+].Cn1c(-c2ccccc2C(=O)[O-])nc2cc(Cl)ccc21. The molecule has 0 saturated carbocycles. The van der Waals surface area contributed by atoms with Crippen molar-refractivity contribution in [1.82, 2.24) is 9.55 Å². The van der Waals surface area contributed by atoms with E-state index in [1.807, 2.05) is 17.7 Å². The quantitative estimate of drug-likeness (QED) is 0.769. The van der Waals surface area contributed by atoms with Gasteiger partial charge in [0.25, 0.3) is 0 Å². The first kappa shape index (κ1) is 18.0. The molecule has 0 aliphatic carbocycles. The number of hydrogen-bond acceptors (Lipinski definition) is 3. The molecule has 0 radical (unpaired) electrons. The van der Waals surface area contributed by atoms with E-state index in [9.17, 15) is 9.90 Å². The molecular formula is C18H20ClN3O2. The van der Waals surface area contributed by atoms with E-state index in [4.69, 9.17) is 11.6 Å². The zero-order valence-electron chi connectivity index (χ0n) is 13.9. The zero-order valence-corrected chi connectivity index (χ0v) is 14.7. The van der Waals surface area contributed by atoms with Crippen LogP contribution in [0, 0.1) is 0 Å². The van der Waals surface area contributed by atoms with E-state index in [1.165, 1.54) is 6.07 Å². The van der Waals surface area contributed by atoms with Crippen LogP contribution < -0.4 is 10.8 Å². The van der Waals surface area contributed by atoms with Crippen molar-refractivity contribution in [3.63, 3.8) is 0 Å². The number of imidazole rings is 1. The standard InChI is InChI=1S/C15H11ClN2O2.C3H9N/c1-18-13-7-6-9(16)8-12(13)17-14(18)10-4-2-3-5-11(10)15(19)20;1-3(2)4/h2-8H,1H3,(H,19,20);3H,4H2,1-2H3. The number of halogens is 1. The molecule has 3 N–H and O–H groups in total. The highest BCUT2D eigenvalue weighted by Gasteiger charge is 2.13. The number of benzene rings is 2. The predicted molar refractivity (Wildman–Crippen MR) is 93.5 cm³/mol. The van der Waals surface area contributed by atoms with Crippen LogP contribution in [0.5, 0.6) is 0 Å². The maximum Gasteiger partial charge on any atom is 0.141 e. The molecule has 0 spiro atoms. The maximum atomic E-state index is 11.2. The number of carbonyl (C=O) groups is 1. The second-order valence-corrected chi connectivity index (χ2v) is 6.29. The molecule has 5 nitrogen and oxygen atoms in total. The van der Waals surface area contributed by atoms with Crippen molar-refractivity contribution in [1.29, 1.82) is 0 Å². The summed E-state index contributed by atoms with van der Waals surface area (Å²) >= 11 is 5.95. The van der Waals surface area contributed by atoms with Crippen LogP contribution in [0.3, 0.4) is 0 Å². The van der Waals surface area contributed by atoms with Crippen molar-refractivity contribution < 1.29 is 15.6 Å². The van der Waals surface area contributed by atoms with Crippen LogP contribution in [0.25, 0.3) is 22.4 Å². The number of hydrogen-bond donors (Lipinski definition) is 1. The number of aromatic nitrogens is 2. The molecule has 2 aromatic carbocycles. The van der Waals surface area contributed by atoms with E-state index in [0.717, 1.165) is 11.0 Å². The van der Waals surface area contributed by atoms with E-state index in [2.05, 4.69) is 24.6 Å². The summed E-state index contributed by atoms with van der Waals surface area (Å²) in [7, 11) is 1.84. The molecule has 1 aromatic heterocycles. The highest BCUT2D eigenvalue weighted by Crippen LogP contribution is 2.27. The fourth-order valence-corrected chi connectivity index (χ4v) is 2.44. The normalized spacial score (nSPS) is 10.6. The zero-order chi connectivity index (χ0) is 17.9. The summed E-state index contributed by atoms with van der Waals surface area (Å²) in [5.74, 6) is -0.646. The Bertz CT molecular complexity index is 869. The molecule has 0 unspecified atom stereocenters. The maximum absolute atomic E-state index is 11.2. The molecule has 0 bridgehead atoms. The molecule has 3 aromatic rings. The molecule has 3 rings (SSSR count). The Morgan fingerprint density at radius 3 is 2.50 bits per heavy atom. The van der Waals surface area contributed by atoms with Gasteiger partial charge in [-0.1, -0.05) is 35.9 Å². The molecule has 0 fully saturated rings. The smallest absolute Gasteiger partial charge is 0.141 e. The van der Waals surface area contributed by atoms with Crippen LogP contribution in [0.15, 0.2) is 42.5 Å². The lowest BCUT2D eigenvalue weighted by atomic mass is 10.1. The summed E-state index contributed by atoms with van der Waals surface area (Å²) in [4.78, 5) is 15.7. The average Bonchev–Trinajstić information content (AvgIpc) is 2.83. The molecular weight excluding hydrogens is 326 g/mol. The van der Waals surface area contributed by atoms with E-state index in [1.54, 1.807) is 30.3 Å². The van der Waals surface area contributed by atoms with E-state index < -0.39 is 5.97 Å². The van der Waals surface area contributed by atoms with Gasteiger partial charge in [-0.25, -0.2) is 4.98 Å². The number of quaternary nitrogens is 1. The lowest BCUT2D eigenvalue weighted by molar-refractivity contribution is -0.407. The first-order chi connectivity index (χ1) is 11.3. The summed E-state index contributed by atoms with van der Waals surface area (Å²) in [6.45, 7) is 4.11. The molecule has 0 aliphatic rings. The number of rotatable bonds is 2. The average molecular weight is 346 g/mol. The second-order valence-electron chi connectivity index (χ2n) is 5.85. The van der Waals surface area contributed by atoms with Crippen molar-refractivity contribution in [3.05, 3.63) is 53.1 Å². The first-order valence-electron chi connectivity index (χ1n) is 7.57. The number of aryl methyl sites for hydroxylation is 1. The Morgan fingerprint density at radius 1 is 1.25 bits per heavy atom. The van der Waals surface area contributed by atoms with Crippen molar-refractivity contribution >= 4 is 28.6 Å². The van der Waals surface area contributed by atoms with Gasteiger partial charge in [-0.2, -0.15) is 0 Å². The third kappa shape index (κ3) is 3.93. The summed E-state index contributed by atoms with van der Waals surface area (Å²) in [5, 5.41) is 11.8. The highest BCUT2D eigenvalue weighted by atomic mass is 35.5. The van der Waals surface area contributed by atoms with Crippen molar-refractivity contribution in [3.8, 4) is 11.4 Å². The van der Waals surface area contributed by atoms with Crippen LogP contribution in [0.4, 0.5) is 0 Å². The van der Waals surface area contributed by atoms with E-state index >= 15 is 0 Å². The molecule has 0 amide bonds. The lowest BCUT2D eigenvalue weighted by Gasteiger charge is -2.09. The molecule has 0 atom stereocenters. The number of aromatic carboxylic acids is 1. The molecule has 1 heterocycles. The first-order valence-corrected chi connectivity index (χ1v) is 7.95. The van der Waals surface area contributed by atoms with Crippen molar-refractivity contribution in [2.24, 2.45) is 7.05 Å². The number of fused-ring (bicyclic) bond motifs is 1. The van der Waals surface area contributed by atoms with Gasteiger partial charge in [0.2, 0.25) is 0 Å². The summed E-state index contributed by atoms with van der Waals surface area (Å²) in [5.41, 5.74) is 5.90. The lowest BCUT2D eigenvalue weighted by Crippen LogP contribution is -2.57. The van der Waals surface area contributed by atoms with Gasteiger partial charge in [0.15, 0.2) is 0 Å². The van der Waals surface area contributed by atoms with Gasteiger partial charge in [-0.3, -0.25) is 0 Å². The van der Waals surface area contributed by atoms with Gasteiger partial charge in [0, 0.05) is 23.2 Å². The van der Waals surface area contributed by atoms with Gasteiger partial charge >= 0.3 is 0 Å². The Labute approximate surface area is 145 Å². The van der Waals surface area contributed by atoms with Crippen LogP contribution in [0.2, 0.25) is 5.02 Å². The Morgan fingerprint density at radius 2 is 1.88 bits per heavy atom. The number of carbonyl (C=O) groups excluding carboxylic acids is 1. The van der Waals surface area contributed by atoms with Gasteiger partial charge < -0.3 is 20.2 Å². The third-order valence-electron chi connectivity index (χ3n) is 3.23. The molecule has 0 saturated heterocycles. The summed E-state index contributed by atoms with van der Waals surface area (Å²) in [6.07, 6.45) is 0. The minimum atomic E-state index is -1.22. The second kappa shape index (κ2) is 7.47. The Kier molecular flexibility index (Phi) is 5.59. The van der Waals surface area contributed by atoms with Crippen molar-refractivity contribution in [2.45, 2.75) is 19.9 Å². The fraction of sp³-hybridized carbons (Fsp3) is 0.222. The van der Waals surface area contributed by atoms with E-state index in [0.29, 0.717) is 22.5 Å². The van der Waals surface area contributed by atoms with Crippen LogP contribution in [-0.4, -0.2) is 21.6 Å².